The highest BCUT2D eigenvalue weighted by molar-refractivity contribution is 7.10. The summed E-state index contributed by atoms with van der Waals surface area (Å²) in [6.45, 7) is 7.13. The molecule has 1 aromatic rings. The van der Waals surface area contributed by atoms with Crippen LogP contribution in [0.3, 0.4) is 0 Å². The SMILES string of the molecule is CC(=O)ON=C(N)c1csc(CCNC(=O)OC(C)(C)C)c1. The van der Waals surface area contributed by atoms with E-state index >= 15 is 0 Å². The van der Waals surface area contributed by atoms with Crippen LogP contribution in [-0.4, -0.2) is 30.0 Å². The molecule has 0 fully saturated rings. The van der Waals surface area contributed by atoms with Gasteiger partial charge in [-0.05, 0) is 33.3 Å². The molecule has 0 aliphatic rings. The monoisotopic (exact) mass is 327 g/mol. The van der Waals surface area contributed by atoms with Gasteiger partial charge in [-0.2, -0.15) is 0 Å². The molecular weight excluding hydrogens is 306 g/mol. The molecule has 0 aromatic carbocycles. The Labute approximate surface area is 133 Å². The van der Waals surface area contributed by atoms with Gasteiger partial charge in [-0.3, -0.25) is 0 Å². The molecule has 0 aliphatic carbocycles. The first-order chi connectivity index (χ1) is 10.2. The highest BCUT2D eigenvalue weighted by atomic mass is 32.1. The molecule has 0 saturated carbocycles. The van der Waals surface area contributed by atoms with Crippen molar-refractivity contribution in [1.82, 2.24) is 5.32 Å². The minimum atomic E-state index is -0.528. The van der Waals surface area contributed by atoms with Gasteiger partial charge in [0.05, 0.1) is 0 Å². The van der Waals surface area contributed by atoms with E-state index in [0.29, 0.717) is 18.5 Å². The van der Waals surface area contributed by atoms with Crippen molar-refractivity contribution in [2.45, 2.75) is 39.7 Å². The van der Waals surface area contributed by atoms with Gasteiger partial charge in [0.2, 0.25) is 0 Å². The topological polar surface area (TPSA) is 103 Å². The summed E-state index contributed by atoms with van der Waals surface area (Å²) in [5.74, 6) is -0.391. The molecule has 1 rings (SSSR count). The molecule has 3 N–H and O–H groups in total. The summed E-state index contributed by atoms with van der Waals surface area (Å²) in [6.07, 6.45) is 0.199. The van der Waals surface area contributed by atoms with E-state index in [1.165, 1.54) is 18.3 Å². The zero-order valence-electron chi connectivity index (χ0n) is 13.1. The largest absolute Gasteiger partial charge is 0.444 e. The van der Waals surface area contributed by atoms with Gasteiger partial charge in [-0.15, -0.1) is 11.3 Å². The van der Waals surface area contributed by atoms with E-state index in [1.54, 1.807) is 0 Å². The molecule has 0 atom stereocenters. The Morgan fingerprint density at radius 1 is 1.41 bits per heavy atom. The molecule has 1 heterocycles. The first-order valence-electron chi connectivity index (χ1n) is 6.73. The number of hydrogen-bond acceptors (Lipinski definition) is 6. The van der Waals surface area contributed by atoms with Crippen molar-refractivity contribution in [2.75, 3.05) is 6.54 Å². The predicted octanol–water partition coefficient (Wildman–Crippen LogP) is 2.00. The lowest BCUT2D eigenvalue weighted by atomic mass is 10.2. The standard InChI is InChI=1S/C14H21N3O4S/c1-9(18)21-17-12(15)10-7-11(22-8-10)5-6-16-13(19)20-14(2,3)4/h7-8H,5-6H2,1-4H3,(H2,15,17)(H,16,19). The van der Waals surface area contributed by atoms with E-state index in [-0.39, 0.29) is 5.84 Å². The van der Waals surface area contributed by atoms with Gasteiger partial charge in [0, 0.05) is 29.3 Å². The number of amidine groups is 1. The van der Waals surface area contributed by atoms with E-state index in [1.807, 2.05) is 32.2 Å². The molecule has 122 valence electrons. The molecule has 0 bridgehead atoms. The van der Waals surface area contributed by atoms with Crippen molar-refractivity contribution < 1.29 is 19.2 Å². The van der Waals surface area contributed by atoms with Crippen LogP contribution in [0.15, 0.2) is 16.6 Å². The maximum Gasteiger partial charge on any atom is 0.407 e. The maximum atomic E-state index is 11.5. The van der Waals surface area contributed by atoms with Gasteiger partial charge in [0.25, 0.3) is 0 Å². The molecule has 8 heteroatoms. The summed E-state index contributed by atoms with van der Waals surface area (Å²) in [6, 6.07) is 1.84. The summed E-state index contributed by atoms with van der Waals surface area (Å²) in [5, 5.41) is 8.01. The van der Waals surface area contributed by atoms with Crippen molar-refractivity contribution in [3.8, 4) is 0 Å². The summed E-state index contributed by atoms with van der Waals surface area (Å²) < 4.78 is 5.14. The zero-order chi connectivity index (χ0) is 16.8. The van der Waals surface area contributed by atoms with Crippen molar-refractivity contribution in [2.24, 2.45) is 10.9 Å². The lowest BCUT2D eigenvalue weighted by Gasteiger charge is -2.19. The summed E-state index contributed by atoms with van der Waals surface area (Å²) in [4.78, 5) is 27.7. The van der Waals surface area contributed by atoms with Crippen LogP contribution >= 0.6 is 11.3 Å². The van der Waals surface area contributed by atoms with Gasteiger partial charge in [0.1, 0.15) is 5.60 Å². The van der Waals surface area contributed by atoms with Gasteiger partial charge < -0.3 is 20.6 Å². The fourth-order valence-corrected chi connectivity index (χ4v) is 2.30. The molecule has 0 unspecified atom stereocenters. The van der Waals surface area contributed by atoms with Crippen molar-refractivity contribution in [1.29, 1.82) is 0 Å². The van der Waals surface area contributed by atoms with E-state index in [2.05, 4.69) is 15.3 Å². The van der Waals surface area contributed by atoms with E-state index in [9.17, 15) is 9.59 Å². The predicted molar refractivity (Wildman–Crippen MR) is 84.8 cm³/mol. The van der Waals surface area contributed by atoms with E-state index in [4.69, 9.17) is 10.5 Å². The molecule has 7 nitrogen and oxygen atoms in total. The average molecular weight is 327 g/mol. The highest BCUT2D eigenvalue weighted by Crippen LogP contribution is 2.15. The molecule has 0 aliphatic heterocycles. The lowest BCUT2D eigenvalue weighted by Crippen LogP contribution is -2.33. The summed E-state index contributed by atoms with van der Waals surface area (Å²) in [5.41, 5.74) is 5.86. The number of nitrogens with one attached hydrogen (secondary N) is 1. The Balaban J connectivity index is 2.44. The fourth-order valence-electron chi connectivity index (χ4n) is 1.41. The van der Waals surface area contributed by atoms with Crippen LogP contribution in [0.4, 0.5) is 4.79 Å². The van der Waals surface area contributed by atoms with Crippen LogP contribution in [0, 0.1) is 0 Å². The molecule has 22 heavy (non-hydrogen) atoms. The second-order valence-corrected chi connectivity index (χ2v) is 6.54. The minimum Gasteiger partial charge on any atom is -0.444 e. The number of carbonyl (C=O) groups excluding carboxylic acids is 2. The lowest BCUT2D eigenvalue weighted by molar-refractivity contribution is -0.140. The Kier molecular flexibility index (Phi) is 6.36. The Morgan fingerprint density at radius 2 is 2.09 bits per heavy atom. The van der Waals surface area contributed by atoms with Crippen LogP contribution in [0.2, 0.25) is 0 Å². The molecule has 0 radical (unpaired) electrons. The third-order valence-electron chi connectivity index (χ3n) is 2.26. The molecule has 1 aromatic heterocycles. The number of carbonyl (C=O) groups is 2. The number of alkyl carbamates (subject to hydrolysis) is 1. The van der Waals surface area contributed by atoms with E-state index in [0.717, 1.165) is 4.88 Å². The van der Waals surface area contributed by atoms with Gasteiger partial charge in [0.15, 0.2) is 5.84 Å². The number of nitrogens with two attached hydrogens (primary N) is 1. The van der Waals surface area contributed by atoms with Crippen LogP contribution in [0.25, 0.3) is 0 Å². The Morgan fingerprint density at radius 3 is 2.68 bits per heavy atom. The third-order valence-corrected chi connectivity index (χ3v) is 3.26. The van der Waals surface area contributed by atoms with Crippen molar-refractivity contribution in [3.05, 3.63) is 21.9 Å². The molecule has 0 spiro atoms. The molecular formula is C14H21N3O4S. The number of thiophene rings is 1. The smallest absolute Gasteiger partial charge is 0.407 e. The highest BCUT2D eigenvalue weighted by Gasteiger charge is 2.15. The minimum absolute atomic E-state index is 0.137. The molecule has 1 amide bonds. The number of amides is 1. The summed E-state index contributed by atoms with van der Waals surface area (Å²) >= 11 is 1.48. The first kappa shape index (κ1) is 18.0. The first-order valence-corrected chi connectivity index (χ1v) is 7.61. The van der Waals surface area contributed by atoms with Crippen LogP contribution in [-0.2, 0) is 20.8 Å². The Bertz CT molecular complexity index is 561. The fraction of sp³-hybridized carbons (Fsp3) is 0.500. The number of ether oxygens (including phenoxy) is 1. The number of hydrogen-bond donors (Lipinski definition) is 2. The Hall–Kier alpha value is -2.09. The summed E-state index contributed by atoms with van der Waals surface area (Å²) in [7, 11) is 0. The zero-order valence-corrected chi connectivity index (χ0v) is 14.0. The second-order valence-electron chi connectivity index (χ2n) is 5.54. The van der Waals surface area contributed by atoms with E-state index < -0.39 is 17.7 Å². The number of rotatable bonds is 5. The van der Waals surface area contributed by atoms with Crippen molar-refractivity contribution >= 4 is 29.2 Å². The second kappa shape index (κ2) is 7.79. The van der Waals surface area contributed by atoms with Crippen molar-refractivity contribution in [3.63, 3.8) is 0 Å². The van der Waals surface area contributed by atoms with Gasteiger partial charge in [-0.1, -0.05) is 5.16 Å². The quantitative estimate of drug-likeness (QED) is 0.373. The normalized spacial score (nSPS) is 11.9. The van der Waals surface area contributed by atoms with Crippen LogP contribution < -0.4 is 11.1 Å². The average Bonchev–Trinajstić information content (AvgIpc) is 2.82. The van der Waals surface area contributed by atoms with Crippen LogP contribution in [0.1, 0.15) is 38.1 Å². The van der Waals surface area contributed by atoms with Gasteiger partial charge in [-0.25, -0.2) is 9.59 Å². The third kappa shape index (κ3) is 7.07. The van der Waals surface area contributed by atoms with Crippen LogP contribution in [0.5, 0.6) is 0 Å². The molecule has 0 saturated heterocycles. The number of oxime groups is 1. The maximum absolute atomic E-state index is 11.5. The number of nitrogens with zero attached hydrogens (tertiary/aromatic N) is 1. The van der Waals surface area contributed by atoms with Gasteiger partial charge >= 0.3 is 12.1 Å².